The Kier molecular flexibility index (Phi) is 2.57. The minimum atomic E-state index is 0.226. The number of nitrogens with one attached hydrogen (secondary N) is 1. The standard InChI is InChI=1S/C14H17N3/c1-9-8-12(9)14(17-15)11-6-2-4-10-5-3-7-16-13(10)11/h2-7,9,12,14,17H,8,15H2,1H3. The van der Waals surface area contributed by atoms with Crippen molar-refractivity contribution in [2.24, 2.45) is 17.7 Å². The number of para-hydroxylation sites is 1. The van der Waals surface area contributed by atoms with E-state index in [4.69, 9.17) is 5.84 Å². The summed E-state index contributed by atoms with van der Waals surface area (Å²) in [4.78, 5) is 4.49. The highest BCUT2D eigenvalue weighted by Gasteiger charge is 2.40. The first-order valence-corrected chi connectivity index (χ1v) is 6.11. The third-order valence-corrected chi connectivity index (χ3v) is 3.78. The highest BCUT2D eigenvalue weighted by molar-refractivity contribution is 5.82. The fourth-order valence-electron chi connectivity index (χ4n) is 2.64. The van der Waals surface area contributed by atoms with Crippen molar-refractivity contribution in [2.75, 3.05) is 0 Å². The molecule has 1 saturated carbocycles. The first-order valence-electron chi connectivity index (χ1n) is 6.11. The first-order chi connectivity index (χ1) is 8.31. The lowest BCUT2D eigenvalue weighted by atomic mass is 9.99. The summed E-state index contributed by atoms with van der Waals surface area (Å²) in [6.45, 7) is 2.27. The monoisotopic (exact) mass is 227 g/mol. The Morgan fingerprint density at radius 2 is 2.12 bits per heavy atom. The molecule has 1 aliphatic carbocycles. The Bertz CT molecular complexity index is 532. The molecule has 3 atom stereocenters. The van der Waals surface area contributed by atoms with Crippen LogP contribution < -0.4 is 11.3 Å². The first kappa shape index (κ1) is 10.7. The number of hydrazine groups is 1. The number of fused-ring (bicyclic) bond motifs is 1. The van der Waals surface area contributed by atoms with Crippen molar-refractivity contribution in [3.63, 3.8) is 0 Å². The van der Waals surface area contributed by atoms with Crippen molar-refractivity contribution in [1.29, 1.82) is 0 Å². The molecule has 0 saturated heterocycles. The maximum Gasteiger partial charge on any atom is 0.0750 e. The predicted molar refractivity (Wildman–Crippen MR) is 69.1 cm³/mol. The van der Waals surface area contributed by atoms with Gasteiger partial charge in [-0.05, 0) is 29.9 Å². The molecule has 1 fully saturated rings. The van der Waals surface area contributed by atoms with Gasteiger partial charge in [0.25, 0.3) is 0 Å². The Morgan fingerprint density at radius 1 is 1.35 bits per heavy atom. The van der Waals surface area contributed by atoms with E-state index in [1.807, 2.05) is 12.3 Å². The number of hydrogen-bond donors (Lipinski definition) is 2. The van der Waals surface area contributed by atoms with E-state index in [2.05, 4.69) is 41.6 Å². The average molecular weight is 227 g/mol. The molecule has 1 aromatic heterocycles. The molecule has 3 nitrogen and oxygen atoms in total. The normalized spacial score (nSPS) is 24.8. The third kappa shape index (κ3) is 1.81. The van der Waals surface area contributed by atoms with Gasteiger partial charge in [-0.2, -0.15) is 0 Å². The van der Waals surface area contributed by atoms with Crippen LogP contribution in [0.4, 0.5) is 0 Å². The Morgan fingerprint density at radius 3 is 2.82 bits per heavy atom. The molecular weight excluding hydrogens is 210 g/mol. The van der Waals surface area contributed by atoms with E-state index in [0.29, 0.717) is 5.92 Å². The number of pyridine rings is 1. The molecule has 0 aliphatic heterocycles. The zero-order chi connectivity index (χ0) is 11.8. The van der Waals surface area contributed by atoms with Crippen molar-refractivity contribution >= 4 is 10.9 Å². The van der Waals surface area contributed by atoms with Crippen LogP contribution in [-0.4, -0.2) is 4.98 Å². The third-order valence-electron chi connectivity index (χ3n) is 3.78. The summed E-state index contributed by atoms with van der Waals surface area (Å²) >= 11 is 0. The molecule has 0 bridgehead atoms. The minimum absolute atomic E-state index is 0.226. The van der Waals surface area contributed by atoms with Crippen molar-refractivity contribution in [2.45, 2.75) is 19.4 Å². The van der Waals surface area contributed by atoms with Crippen molar-refractivity contribution in [1.82, 2.24) is 10.4 Å². The van der Waals surface area contributed by atoms with Crippen LogP contribution in [0.3, 0.4) is 0 Å². The van der Waals surface area contributed by atoms with Crippen LogP contribution in [0, 0.1) is 11.8 Å². The number of nitrogens with zero attached hydrogens (tertiary/aromatic N) is 1. The van der Waals surface area contributed by atoms with Gasteiger partial charge in [0.05, 0.1) is 11.6 Å². The van der Waals surface area contributed by atoms with Crippen LogP contribution in [0.5, 0.6) is 0 Å². The second-order valence-corrected chi connectivity index (χ2v) is 4.94. The highest BCUT2D eigenvalue weighted by atomic mass is 15.2. The molecule has 3 N–H and O–H groups in total. The van der Waals surface area contributed by atoms with Crippen molar-refractivity contribution in [3.8, 4) is 0 Å². The summed E-state index contributed by atoms with van der Waals surface area (Å²) < 4.78 is 0. The fourth-order valence-corrected chi connectivity index (χ4v) is 2.64. The average Bonchev–Trinajstić information content (AvgIpc) is 3.08. The van der Waals surface area contributed by atoms with Gasteiger partial charge in [0.2, 0.25) is 0 Å². The lowest BCUT2D eigenvalue weighted by Gasteiger charge is -2.17. The summed E-state index contributed by atoms with van der Waals surface area (Å²) in [7, 11) is 0. The van der Waals surface area contributed by atoms with E-state index in [1.165, 1.54) is 17.4 Å². The van der Waals surface area contributed by atoms with E-state index >= 15 is 0 Å². The summed E-state index contributed by atoms with van der Waals surface area (Å²) in [6.07, 6.45) is 3.09. The second-order valence-electron chi connectivity index (χ2n) is 4.94. The van der Waals surface area contributed by atoms with Gasteiger partial charge in [0.15, 0.2) is 0 Å². The molecule has 0 amide bonds. The second kappa shape index (κ2) is 4.09. The fraction of sp³-hybridized carbons (Fsp3) is 0.357. The summed E-state index contributed by atoms with van der Waals surface area (Å²) in [5.74, 6) is 7.13. The Hall–Kier alpha value is -1.45. The van der Waals surface area contributed by atoms with Crippen molar-refractivity contribution < 1.29 is 0 Å². The van der Waals surface area contributed by atoms with Crippen LogP contribution in [-0.2, 0) is 0 Å². The van der Waals surface area contributed by atoms with Crippen LogP contribution in [0.15, 0.2) is 36.5 Å². The number of benzene rings is 1. The van der Waals surface area contributed by atoms with Gasteiger partial charge < -0.3 is 0 Å². The van der Waals surface area contributed by atoms with E-state index in [1.54, 1.807) is 0 Å². The maximum absolute atomic E-state index is 5.72. The SMILES string of the molecule is CC1CC1C(NN)c1cccc2cccnc12. The van der Waals surface area contributed by atoms with E-state index in [-0.39, 0.29) is 6.04 Å². The molecule has 0 radical (unpaired) electrons. The topological polar surface area (TPSA) is 50.9 Å². The van der Waals surface area contributed by atoms with Crippen molar-refractivity contribution in [3.05, 3.63) is 42.1 Å². The van der Waals surface area contributed by atoms with E-state index in [9.17, 15) is 0 Å². The quantitative estimate of drug-likeness (QED) is 0.625. The highest BCUT2D eigenvalue weighted by Crippen LogP contribution is 2.47. The van der Waals surface area contributed by atoms with Gasteiger partial charge in [0.1, 0.15) is 0 Å². The Labute approximate surface area is 101 Å². The summed E-state index contributed by atoms with van der Waals surface area (Å²) in [6, 6.07) is 10.6. The molecule has 3 heteroatoms. The lowest BCUT2D eigenvalue weighted by molar-refractivity contribution is 0.478. The van der Waals surface area contributed by atoms with Crippen LogP contribution in [0.2, 0.25) is 0 Å². The molecule has 88 valence electrons. The lowest BCUT2D eigenvalue weighted by Crippen LogP contribution is -2.30. The zero-order valence-electron chi connectivity index (χ0n) is 9.93. The largest absolute Gasteiger partial charge is 0.271 e. The Balaban J connectivity index is 2.09. The summed E-state index contributed by atoms with van der Waals surface area (Å²) in [5, 5.41) is 1.18. The molecule has 1 aliphatic rings. The molecule has 3 unspecified atom stereocenters. The number of hydrogen-bond acceptors (Lipinski definition) is 3. The molecular formula is C14H17N3. The number of nitrogens with two attached hydrogens (primary N) is 1. The molecule has 1 aromatic carbocycles. The molecule has 17 heavy (non-hydrogen) atoms. The molecule has 1 heterocycles. The van der Waals surface area contributed by atoms with Gasteiger partial charge in [-0.15, -0.1) is 0 Å². The predicted octanol–water partition coefficient (Wildman–Crippen LogP) is 2.40. The van der Waals surface area contributed by atoms with E-state index < -0.39 is 0 Å². The zero-order valence-corrected chi connectivity index (χ0v) is 9.93. The van der Waals surface area contributed by atoms with Crippen LogP contribution in [0.25, 0.3) is 10.9 Å². The van der Waals surface area contributed by atoms with E-state index in [0.717, 1.165) is 11.4 Å². The van der Waals surface area contributed by atoms with Gasteiger partial charge in [-0.25, -0.2) is 0 Å². The molecule has 0 spiro atoms. The summed E-state index contributed by atoms with van der Waals surface area (Å²) in [5.41, 5.74) is 5.25. The van der Waals surface area contributed by atoms with Gasteiger partial charge in [-0.3, -0.25) is 16.3 Å². The van der Waals surface area contributed by atoms with Gasteiger partial charge in [0, 0.05) is 11.6 Å². The number of aromatic nitrogens is 1. The molecule has 2 aromatic rings. The molecule has 3 rings (SSSR count). The maximum atomic E-state index is 5.72. The van der Waals surface area contributed by atoms with Gasteiger partial charge >= 0.3 is 0 Å². The van der Waals surface area contributed by atoms with Gasteiger partial charge in [-0.1, -0.05) is 31.2 Å². The van der Waals surface area contributed by atoms with Crippen LogP contribution >= 0.6 is 0 Å². The minimum Gasteiger partial charge on any atom is -0.271 e. The smallest absolute Gasteiger partial charge is 0.0750 e. The van der Waals surface area contributed by atoms with Crippen LogP contribution in [0.1, 0.15) is 24.9 Å². The number of rotatable bonds is 3.